The van der Waals surface area contributed by atoms with E-state index in [1.807, 2.05) is 13.0 Å². The van der Waals surface area contributed by atoms with Gasteiger partial charge >= 0.3 is 0 Å². The van der Waals surface area contributed by atoms with Crippen LogP contribution in [0.4, 0.5) is 17.6 Å². The van der Waals surface area contributed by atoms with Crippen LogP contribution in [0, 0.1) is 23.5 Å². The van der Waals surface area contributed by atoms with Crippen LogP contribution in [0.15, 0.2) is 67.0 Å². The highest BCUT2D eigenvalue weighted by molar-refractivity contribution is 5.52. The number of hydrogen-bond donors (Lipinski definition) is 1. The molecule has 0 radical (unpaired) electrons. The Hall–Kier alpha value is -2.76. The number of rotatable bonds is 10. The molecule has 6 heteroatoms. The summed E-state index contributed by atoms with van der Waals surface area (Å²) in [6.45, 7) is 16.0. The molecule has 0 fully saturated rings. The second-order valence-electron chi connectivity index (χ2n) is 7.09. The summed E-state index contributed by atoms with van der Waals surface area (Å²) in [5, 5.41) is 9.11. The molecule has 1 aromatic carbocycles. The normalized spacial score (nSPS) is 13.5. The molecule has 31 heavy (non-hydrogen) atoms. The topological polar surface area (TPSA) is 29.5 Å². The van der Waals surface area contributed by atoms with Crippen molar-refractivity contribution >= 4 is 6.08 Å². The Morgan fingerprint density at radius 2 is 1.68 bits per heavy atom. The van der Waals surface area contributed by atoms with E-state index in [4.69, 9.17) is 5.11 Å². The SMILES string of the molecule is C=C(OC)/C(F)=C(/F)C(=C)C(C)CCC(C)/C=C/c1ccc(O)c(F)c1F.C=CCC. The van der Waals surface area contributed by atoms with Gasteiger partial charge < -0.3 is 9.84 Å². The van der Waals surface area contributed by atoms with Crippen LogP contribution in [0.1, 0.15) is 45.6 Å². The lowest BCUT2D eigenvalue weighted by Crippen LogP contribution is -2.04. The maximum atomic E-state index is 14.0. The van der Waals surface area contributed by atoms with Crippen molar-refractivity contribution in [1.82, 2.24) is 0 Å². The van der Waals surface area contributed by atoms with E-state index in [2.05, 4.69) is 31.4 Å². The molecular weight excluding hydrogens is 408 g/mol. The first kappa shape index (κ1) is 28.2. The molecule has 0 aromatic heterocycles. The first-order valence-corrected chi connectivity index (χ1v) is 9.95. The van der Waals surface area contributed by atoms with E-state index in [9.17, 15) is 17.6 Å². The number of halogens is 4. The lowest BCUT2D eigenvalue weighted by molar-refractivity contribution is 0.280. The van der Waals surface area contributed by atoms with Crippen LogP contribution in [0.3, 0.4) is 0 Å². The van der Waals surface area contributed by atoms with Gasteiger partial charge in [-0.15, -0.1) is 6.58 Å². The fraction of sp³-hybridized carbons (Fsp3) is 0.360. The van der Waals surface area contributed by atoms with E-state index in [-0.39, 0.29) is 23.0 Å². The first-order valence-electron chi connectivity index (χ1n) is 9.95. The summed E-state index contributed by atoms with van der Waals surface area (Å²) in [6.07, 6.45) is 7.17. The molecular formula is C25H32F4O2. The summed E-state index contributed by atoms with van der Waals surface area (Å²) in [5.41, 5.74) is 0.0252. The molecule has 1 aromatic rings. The number of hydrogen-bond acceptors (Lipinski definition) is 2. The lowest BCUT2D eigenvalue weighted by Gasteiger charge is -2.16. The Labute approximate surface area is 182 Å². The zero-order valence-electron chi connectivity index (χ0n) is 18.7. The van der Waals surface area contributed by atoms with Gasteiger partial charge in [0.25, 0.3) is 0 Å². The van der Waals surface area contributed by atoms with Gasteiger partial charge in [-0.25, -0.2) is 8.78 Å². The summed E-state index contributed by atoms with van der Waals surface area (Å²) in [7, 11) is 1.19. The highest BCUT2D eigenvalue weighted by Crippen LogP contribution is 2.30. The number of allylic oxidation sites excluding steroid dienone is 5. The molecule has 0 heterocycles. The number of phenols is 1. The van der Waals surface area contributed by atoms with Crippen molar-refractivity contribution in [2.45, 2.75) is 40.0 Å². The highest BCUT2D eigenvalue weighted by atomic mass is 19.2. The van der Waals surface area contributed by atoms with Crippen LogP contribution in [0.2, 0.25) is 0 Å². The van der Waals surface area contributed by atoms with Crippen molar-refractivity contribution < 1.29 is 27.4 Å². The zero-order valence-corrected chi connectivity index (χ0v) is 18.7. The van der Waals surface area contributed by atoms with Crippen molar-refractivity contribution in [3.8, 4) is 5.75 Å². The van der Waals surface area contributed by atoms with Crippen LogP contribution < -0.4 is 0 Å². The molecule has 0 amide bonds. The third-order valence-electron chi connectivity index (χ3n) is 4.60. The fourth-order valence-electron chi connectivity index (χ4n) is 2.30. The van der Waals surface area contributed by atoms with E-state index in [1.54, 1.807) is 13.0 Å². The van der Waals surface area contributed by atoms with E-state index >= 15 is 0 Å². The maximum Gasteiger partial charge on any atom is 0.200 e. The molecule has 0 aliphatic rings. The average Bonchev–Trinajstić information content (AvgIpc) is 2.78. The van der Waals surface area contributed by atoms with Gasteiger partial charge in [-0.2, -0.15) is 8.78 Å². The molecule has 0 aliphatic carbocycles. The molecule has 0 bridgehead atoms. The molecule has 0 saturated heterocycles. The maximum absolute atomic E-state index is 14.0. The van der Waals surface area contributed by atoms with Crippen LogP contribution in [-0.4, -0.2) is 12.2 Å². The van der Waals surface area contributed by atoms with Crippen LogP contribution in [0.5, 0.6) is 5.75 Å². The summed E-state index contributed by atoms with van der Waals surface area (Å²) in [4.78, 5) is 0. The number of phenolic OH excluding ortho intramolecular Hbond substituents is 1. The van der Waals surface area contributed by atoms with Gasteiger partial charge in [0.05, 0.1) is 7.11 Å². The second-order valence-corrected chi connectivity index (χ2v) is 7.09. The Morgan fingerprint density at radius 3 is 2.19 bits per heavy atom. The molecule has 2 atom stereocenters. The van der Waals surface area contributed by atoms with Gasteiger partial charge in [0.2, 0.25) is 5.82 Å². The number of methoxy groups -OCH3 is 1. The van der Waals surface area contributed by atoms with Crippen molar-refractivity contribution in [2.24, 2.45) is 11.8 Å². The van der Waals surface area contributed by atoms with Crippen LogP contribution >= 0.6 is 0 Å². The highest BCUT2D eigenvalue weighted by Gasteiger charge is 2.19. The summed E-state index contributed by atoms with van der Waals surface area (Å²) < 4.78 is 59.4. The first-order chi connectivity index (χ1) is 14.5. The van der Waals surface area contributed by atoms with E-state index in [0.717, 1.165) is 12.5 Å². The molecule has 1 N–H and O–H groups in total. The monoisotopic (exact) mass is 440 g/mol. The van der Waals surface area contributed by atoms with Gasteiger partial charge in [0.1, 0.15) is 5.76 Å². The van der Waals surface area contributed by atoms with Crippen LogP contribution in [-0.2, 0) is 4.74 Å². The third kappa shape index (κ3) is 9.28. The Bertz CT molecular complexity index is 825. The van der Waals surface area contributed by atoms with Crippen molar-refractivity contribution in [2.75, 3.05) is 7.11 Å². The smallest absolute Gasteiger partial charge is 0.200 e. The summed E-state index contributed by atoms with van der Waals surface area (Å²) >= 11 is 0. The van der Waals surface area contributed by atoms with Crippen LogP contribution in [0.25, 0.3) is 6.08 Å². The van der Waals surface area contributed by atoms with E-state index in [0.29, 0.717) is 12.8 Å². The van der Waals surface area contributed by atoms with E-state index < -0.39 is 34.8 Å². The van der Waals surface area contributed by atoms with E-state index in [1.165, 1.54) is 19.3 Å². The standard InChI is InChI=1S/C21H24F4O2.C4H8/c1-12(7-9-16-10-11-17(26)21(25)20(16)24)6-8-13(2)14(3)18(22)19(23)15(4)27-5;1-3-4-2/h7,9-13,26H,3-4,6,8H2,1-2,5H3;3H,1,4H2,2H3/b9-7+,19-18-;. The molecule has 2 unspecified atom stereocenters. The zero-order chi connectivity index (χ0) is 24.1. The second kappa shape index (κ2) is 14.3. The molecule has 172 valence electrons. The largest absolute Gasteiger partial charge is 0.505 e. The Morgan fingerprint density at radius 1 is 1.10 bits per heavy atom. The van der Waals surface area contributed by atoms with Gasteiger partial charge in [0.15, 0.2) is 23.2 Å². The minimum Gasteiger partial charge on any atom is -0.505 e. The summed E-state index contributed by atoms with van der Waals surface area (Å²) in [6, 6.07) is 2.35. The van der Waals surface area contributed by atoms with Gasteiger partial charge in [-0.1, -0.05) is 52.2 Å². The van der Waals surface area contributed by atoms with Crippen molar-refractivity contribution in [3.63, 3.8) is 0 Å². The fourth-order valence-corrected chi connectivity index (χ4v) is 2.30. The quantitative estimate of drug-likeness (QED) is 0.172. The predicted octanol–water partition coefficient (Wildman–Crippen LogP) is 8.19. The minimum absolute atomic E-state index is 0.00790. The summed E-state index contributed by atoms with van der Waals surface area (Å²) in [5.74, 6) is -6.19. The number of aromatic hydroxyl groups is 1. The average molecular weight is 441 g/mol. The molecule has 2 nitrogen and oxygen atoms in total. The van der Waals surface area contributed by atoms with Gasteiger partial charge in [-0.3, -0.25) is 0 Å². The van der Waals surface area contributed by atoms with Gasteiger partial charge in [-0.05, 0) is 48.8 Å². The molecule has 0 saturated carbocycles. The van der Waals surface area contributed by atoms with Crippen molar-refractivity contribution in [1.29, 1.82) is 0 Å². The Balaban J connectivity index is 0.00000206. The molecule has 0 spiro atoms. The number of benzene rings is 1. The Kier molecular flexibility index (Phi) is 13.0. The van der Waals surface area contributed by atoms with Crippen molar-refractivity contribution in [3.05, 3.63) is 84.2 Å². The van der Waals surface area contributed by atoms with Gasteiger partial charge in [0, 0.05) is 5.56 Å². The molecule has 1 rings (SSSR count). The third-order valence-corrected chi connectivity index (χ3v) is 4.60. The minimum atomic E-state index is -1.29. The molecule has 0 aliphatic heterocycles. The lowest BCUT2D eigenvalue weighted by atomic mass is 9.91. The number of ether oxygens (including phenoxy) is 1. The predicted molar refractivity (Wildman–Crippen MR) is 120 cm³/mol.